The van der Waals surface area contributed by atoms with Crippen molar-refractivity contribution in [3.8, 4) is 17.2 Å². The maximum atomic E-state index is 13.7. The highest BCUT2D eigenvalue weighted by Crippen LogP contribution is 2.49. The van der Waals surface area contributed by atoms with Crippen LogP contribution in [-0.2, 0) is 19.2 Å². The number of esters is 2. The third-order valence-electron chi connectivity index (χ3n) is 8.49. The molecule has 1 aliphatic rings. The molecule has 4 aromatic rings. The highest BCUT2D eigenvalue weighted by Gasteiger charge is 2.41. The Morgan fingerprint density at radius 3 is 2.09 bits per heavy atom. The van der Waals surface area contributed by atoms with Gasteiger partial charge in [0.1, 0.15) is 17.1 Å². The van der Waals surface area contributed by atoms with E-state index in [2.05, 4.69) is 33.1 Å². The van der Waals surface area contributed by atoms with E-state index in [-0.39, 0.29) is 17.4 Å². The van der Waals surface area contributed by atoms with Crippen molar-refractivity contribution in [2.24, 2.45) is 0 Å². The summed E-state index contributed by atoms with van der Waals surface area (Å²) in [4.78, 5) is 27.2. The molecule has 0 fully saturated rings. The van der Waals surface area contributed by atoms with E-state index in [9.17, 15) is 9.59 Å². The molecule has 0 saturated carbocycles. The zero-order valence-electron chi connectivity index (χ0n) is 28.3. The lowest BCUT2D eigenvalue weighted by Crippen LogP contribution is -2.45. The van der Waals surface area contributed by atoms with Gasteiger partial charge in [-0.2, -0.15) is 0 Å². The maximum Gasteiger partial charge on any atom is 0.342 e. The summed E-state index contributed by atoms with van der Waals surface area (Å²) in [7, 11) is -1.42. The SMILES string of the molecule is CCCC[Si](C)(C)O[Si](C)(C)CC(=O)Oc1c(C(=O)OC)c2c(c3ccccc13)OC(c1ccccc1)(c1ccc(OC)cc1)C=C2. The first-order chi connectivity index (χ1) is 22.4. The van der Waals surface area contributed by atoms with E-state index in [1.54, 1.807) is 7.11 Å². The highest BCUT2D eigenvalue weighted by atomic mass is 28.4. The minimum atomic E-state index is -2.43. The second-order valence-corrected chi connectivity index (χ2v) is 21.8. The number of ether oxygens (including phenoxy) is 4. The first kappa shape index (κ1) is 34.2. The Morgan fingerprint density at radius 1 is 0.809 bits per heavy atom. The van der Waals surface area contributed by atoms with Crippen molar-refractivity contribution >= 4 is 45.4 Å². The molecule has 47 heavy (non-hydrogen) atoms. The molecule has 0 aromatic heterocycles. The number of methoxy groups -OCH3 is 2. The normalized spacial score (nSPS) is 15.9. The number of fused-ring (bicyclic) bond motifs is 3. The Hall–Kier alpha value is -4.19. The van der Waals surface area contributed by atoms with Gasteiger partial charge in [-0.25, -0.2) is 4.79 Å². The van der Waals surface area contributed by atoms with Gasteiger partial charge in [-0.05, 0) is 56.5 Å². The zero-order chi connectivity index (χ0) is 33.8. The van der Waals surface area contributed by atoms with E-state index < -0.39 is 34.2 Å². The molecule has 0 amide bonds. The van der Waals surface area contributed by atoms with Gasteiger partial charge in [-0.3, -0.25) is 4.79 Å². The minimum absolute atomic E-state index is 0.139. The lowest BCUT2D eigenvalue weighted by atomic mass is 9.82. The highest BCUT2D eigenvalue weighted by molar-refractivity contribution is 6.86. The average Bonchev–Trinajstić information content (AvgIpc) is 3.06. The van der Waals surface area contributed by atoms with Crippen LogP contribution >= 0.6 is 0 Å². The summed E-state index contributed by atoms with van der Waals surface area (Å²) in [6.45, 7) is 10.7. The molecular formula is C38H44O7Si2. The molecule has 0 spiro atoms. The van der Waals surface area contributed by atoms with Crippen LogP contribution in [0.1, 0.15) is 46.8 Å². The van der Waals surface area contributed by atoms with Gasteiger partial charge in [0.25, 0.3) is 0 Å². The Balaban J connectivity index is 1.62. The summed E-state index contributed by atoms with van der Waals surface area (Å²) >= 11 is 0. The molecule has 9 heteroatoms. The molecule has 0 aliphatic carbocycles. The van der Waals surface area contributed by atoms with E-state index in [4.69, 9.17) is 23.1 Å². The Kier molecular flexibility index (Phi) is 10.1. The van der Waals surface area contributed by atoms with Crippen molar-refractivity contribution < 1.29 is 32.7 Å². The summed E-state index contributed by atoms with van der Waals surface area (Å²) in [6, 6.07) is 26.4. The van der Waals surface area contributed by atoms with Gasteiger partial charge in [-0.15, -0.1) is 0 Å². The van der Waals surface area contributed by atoms with Crippen molar-refractivity contribution in [2.45, 2.75) is 63.6 Å². The molecule has 1 heterocycles. The monoisotopic (exact) mass is 668 g/mol. The van der Waals surface area contributed by atoms with Crippen molar-refractivity contribution in [2.75, 3.05) is 14.2 Å². The quantitative estimate of drug-likeness (QED) is 0.0846. The van der Waals surface area contributed by atoms with Gasteiger partial charge in [0.2, 0.25) is 0 Å². The molecule has 5 rings (SSSR count). The van der Waals surface area contributed by atoms with Crippen molar-refractivity contribution in [3.63, 3.8) is 0 Å². The van der Waals surface area contributed by atoms with Gasteiger partial charge in [0.05, 0.1) is 20.3 Å². The van der Waals surface area contributed by atoms with E-state index in [0.717, 1.165) is 35.8 Å². The number of unbranched alkanes of at least 4 members (excludes halogenated alkanes) is 1. The van der Waals surface area contributed by atoms with Gasteiger partial charge < -0.3 is 23.1 Å². The Labute approximate surface area is 279 Å². The van der Waals surface area contributed by atoms with Crippen molar-refractivity contribution in [1.82, 2.24) is 0 Å². The first-order valence-electron chi connectivity index (χ1n) is 16.1. The minimum Gasteiger partial charge on any atom is -0.497 e. The molecule has 1 atom stereocenters. The fourth-order valence-corrected chi connectivity index (χ4v) is 15.1. The summed E-state index contributed by atoms with van der Waals surface area (Å²) in [5.74, 6) is 0.318. The molecule has 0 saturated heterocycles. The predicted molar refractivity (Wildman–Crippen MR) is 191 cm³/mol. The first-order valence-corrected chi connectivity index (χ1v) is 22.3. The number of hydrogen-bond acceptors (Lipinski definition) is 7. The maximum absolute atomic E-state index is 13.7. The third-order valence-corrected chi connectivity index (χ3v) is 15.6. The molecular weight excluding hydrogens is 625 g/mol. The molecule has 0 radical (unpaired) electrons. The van der Waals surface area contributed by atoms with Crippen LogP contribution in [0.4, 0.5) is 0 Å². The van der Waals surface area contributed by atoms with Crippen LogP contribution < -0.4 is 14.2 Å². The number of carbonyl (C=O) groups is 2. The molecule has 1 unspecified atom stereocenters. The topological polar surface area (TPSA) is 80.3 Å². The fraction of sp³-hybridized carbons (Fsp3) is 0.316. The van der Waals surface area contributed by atoms with Gasteiger partial charge in [0.15, 0.2) is 28.0 Å². The second kappa shape index (κ2) is 13.9. The number of carbonyl (C=O) groups excluding carboxylic acids is 2. The van der Waals surface area contributed by atoms with Crippen LogP contribution in [0, 0.1) is 0 Å². The van der Waals surface area contributed by atoms with E-state index >= 15 is 0 Å². The van der Waals surface area contributed by atoms with Crippen LogP contribution in [0.25, 0.3) is 16.8 Å². The number of rotatable bonds is 12. The van der Waals surface area contributed by atoms with Crippen molar-refractivity contribution in [1.29, 1.82) is 0 Å². The van der Waals surface area contributed by atoms with Crippen LogP contribution in [0.2, 0.25) is 38.3 Å². The number of benzene rings is 4. The van der Waals surface area contributed by atoms with E-state index in [1.807, 2.05) is 91.0 Å². The van der Waals surface area contributed by atoms with Gasteiger partial charge in [0, 0.05) is 27.5 Å². The summed E-state index contributed by atoms with van der Waals surface area (Å²) in [5, 5.41) is 1.28. The predicted octanol–water partition coefficient (Wildman–Crippen LogP) is 9.12. The van der Waals surface area contributed by atoms with Gasteiger partial charge in [-0.1, -0.05) is 86.5 Å². The number of hydrogen-bond donors (Lipinski definition) is 0. The molecule has 1 aliphatic heterocycles. The standard InChI is InChI=1S/C38H44O7Si2/c1-8-9-25-46(4,5)45-47(6,7)26-33(39)43-36-31-18-14-13-17-30(31)35-32(34(36)37(40)42-3)23-24-38(44-35,27-15-11-10-12-16-27)28-19-21-29(41-2)22-20-28/h10-24H,8-9,25-26H2,1-7H3. The average molecular weight is 669 g/mol. The zero-order valence-corrected chi connectivity index (χ0v) is 30.3. The van der Waals surface area contributed by atoms with Crippen LogP contribution in [0.5, 0.6) is 17.2 Å². The third kappa shape index (κ3) is 7.22. The second-order valence-electron chi connectivity index (χ2n) is 13.1. The van der Waals surface area contributed by atoms with Crippen LogP contribution in [0.15, 0.2) is 84.9 Å². The summed E-state index contributed by atoms with van der Waals surface area (Å²) in [5.41, 5.74) is 1.39. The lowest BCUT2D eigenvalue weighted by Gasteiger charge is -2.37. The Bertz CT molecular complexity index is 1780. The molecule has 246 valence electrons. The lowest BCUT2D eigenvalue weighted by molar-refractivity contribution is -0.132. The molecule has 4 aromatic carbocycles. The van der Waals surface area contributed by atoms with Gasteiger partial charge >= 0.3 is 11.9 Å². The molecule has 0 bridgehead atoms. The summed E-state index contributed by atoms with van der Waals surface area (Å²) in [6.07, 6.45) is 6.02. The van der Waals surface area contributed by atoms with E-state index in [1.165, 1.54) is 7.11 Å². The van der Waals surface area contributed by atoms with Crippen LogP contribution in [-0.4, -0.2) is 42.8 Å². The van der Waals surface area contributed by atoms with Crippen molar-refractivity contribution in [3.05, 3.63) is 107 Å². The fourth-order valence-electron chi connectivity index (χ4n) is 6.41. The van der Waals surface area contributed by atoms with E-state index in [0.29, 0.717) is 22.1 Å². The molecule has 7 nitrogen and oxygen atoms in total. The molecule has 0 N–H and O–H groups in total. The largest absolute Gasteiger partial charge is 0.497 e. The summed E-state index contributed by atoms with van der Waals surface area (Å²) < 4.78 is 30.6. The Morgan fingerprint density at radius 2 is 1.45 bits per heavy atom. The van der Waals surface area contributed by atoms with Crippen LogP contribution in [0.3, 0.4) is 0 Å². The smallest absolute Gasteiger partial charge is 0.342 e.